The fraction of sp³-hybridized carbons (Fsp3) is 0.917. The molecule has 0 aromatic rings. The Balaban J connectivity index is 2.32. The second kappa shape index (κ2) is 6.11. The molecule has 0 saturated carbocycles. The third-order valence-corrected chi connectivity index (χ3v) is 2.99. The Kier molecular flexibility index (Phi) is 5.09. The van der Waals surface area contributed by atoms with Gasteiger partial charge in [-0.1, -0.05) is 13.3 Å². The predicted molar refractivity (Wildman–Crippen MR) is 60.7 cm³/mol. The van der Waals surface area contributed by atoms with Crippen LogP contribution in [0.4, 0.5) is 0 Å². The molecule has 1 amide bonds. The summed E-state index contributed by atoms with van der Waals surface area (Å²) in [4.78, 5) is 13.7. The third kappa shape index (κ3) is 4.20. The van der Waals surface area contributed by atoms with Crippen LogP contribution in [0.2, 0.25) is 0 Å². The molecule has 1 atom stereocenters. The van der Waals surface area contributed by atoms with Crippen LogP contribution in [0.1, 0.15) is 40.0 Å². The zero-order valence-corrected chi connectivity index (χ0v) is 10.2. The molecule has 0 radical (unpaired) electrons. The predicted octanol–water partition coefficient (Wildman–Crippen LogP) is 2.06. The highest BCUT2D eigenvalue weighted by atomic mass is 16.5. The van der Waals surface area contributed by atoms with E-state index in [-0.39, 0.29) is 18.6 Å². The molecule has 1 fully saturated rings. The van der Waals surface area contributed by atoms with Crippen molar-refractivity contribution in [1.29, 1.82) is 0 Å². The lowest BCUT2D eigenvalue weighted by atomic mass is 9.96. The summed E-state index contributed by atoms with van der Waals surface area (Å²) in [6.07, 6.45) is 3.73. The molecule has 0 spiro atoms. The molecule has 0 aliphatic carbocycles. The van der Waals surface area contributed by atoms with E-state index in [9.17, 15) is 4.79 Å². The van der Waals surface area contributed by atoms with Crippen molar-refractivity contribution in [3.63, 3.8) is 0 Å². The lowest BCUT2D eigenvalue weighted by Crippen LogP contribution is -2.41. The van der Waals surface area contributed by atoms with E-state index >= 15 is 0 Å². The van der Waals surface area contributed by atoms with E-state index in [1.165, 1.54) is 12.8 Å². The van der Waals surface area contributed by atoms with E-state index in [0.717, 1.165) is 19.5 Å². The van der Waals surface area contributed by atoms with Gasteiger partial charge in [0.1, 0.15) is 6.61 Å². The van der Waals surface area contributed by atoms with Gasteiger partial charge >= 0.3 is 0 Å². The molecule has 15 heavy (non-hydrogen) atoms. The summed E-state index contributed by atoms with van der Waals surface area (Å²) in [6.45, 7) is 8.20. The van der Waals surface area contributed by atoms with Crippen molar-refractivity contribution in [2.75, 3.05) is 19.7 Å². The summed E-state index contributed by atoms with van der Waals surface area (Å²) in [5.41, 5.74) is 0. The van der Waals surface area contributed by atoms with Crippen LogP contribution in [0.5, 0.6) is 0 Å². The molecule has 0 bridgehead atoms. The SMILES string of the molecule is CCC1CCCN(C(=O)COC(C)C)C1. The van der Waals surface area contributed by atoms with Crippen molar-refractivity contribution in [2.45, 2.75) is 46.1 Å². The van der Waals surface area contributed by atoms with Gasteiger partial charge in [-0.3, -0.25) is 4.79 Å². The Morgan fingerprint density at radius 3 is 2.87 bits per heavy atom. The molecule has 3 heteroatoms. The molecule has 1 unspecified atom stereocenters. The normalized spacial score (nSPS) is 22.1. The Hall–Kier alpha value is -0.570. The summed E-state index contributed by atoms with van der Waals surface area (Å²) < 4.78 is 5.33. The van der Waals surface area contributed by atoms with Crippen LogP contribution >= 0.6 is 0 Å². The Bertz CT molecular complexity index is 204. The first-order valence-electron chi connectivity index (χ1n) is 6.02. The van der Waals surface area contributed by atoms with Gasteiger partial charge in [-0.2, -0.15) is 0 Å². The standard InChI is InChI=1S/C12H23NO2/c1-4-11-6-5-7-13(8-11)12(14)9-15-10(2)3/h10-11H,4-9H2,1-3H3. The number of piperidine rings is 1. The minimum Gasteiger partial charge on any atom is -0.369 e. The number of rotatable bonds is 4. The van der Waals surface area contributed by atoms with Gasteiger partial charge in [0.2, 0.25) is 5.91 Å². The lowest BCUT2D eigenvalue weighted by molar-refractivity contribution is -0.139. The second-order valence-corrected chi connectivity index (χ2v) is 4.62. The molecule has 1 aliphatic heterocycles. The van der Waals surface area contributed by atoms with Crippen molar-refractivity contribution >= 4 is 5.91 Å². The number of ether oxygens (including phenoxy) is 1. The van der Waals surface area contributed by atoms with Gasteiger partial charge in [-0.25, -0.2) is 0 Å². The largest absolute Gasteiger partial charge is 0.369 e. The van der Waals surface area contributed by atoms with Crippen molar-refractivity contribution in [3.05, 3.63) is 0 Å². The smallest absolute Gasteiger partial charge is 0.248 e. The molecular weight excluding hydrogens is 190 g/mol. The van der Waals surface area contributed by atoms with Gasteiger partial charge in [0.15, 0.2) is 0 Å². The van der Waals surface area contributed by atoms with Crippen LogP contribution in [0.25, 0.3) is 0 Å². The minimum atomic E-state index is 0.140. The molecule has 1 rings (SSSR count). The van der Waals surface area contributed by atoms with Gasteiger partial charge in [0, 0.05) is 13.1 Å². The summed E-state index contributed by atoms with van der Waals surface area (Å²) >= 11 is 0. The molecule has 0 N–H and O–H groups in total. The maximum absolute atomic E-state index is 11.8. The van der Waals surface area contributed by atoms with Crippen molar-refractivity contribution in [1.82, 2.24) is 4.90 Å². The molecule has 1 aliphatic rings. The zero-order chi connectivity index (χ0) is 11.3. The highest BCUT2D eigenvalue weighted by Gasteiger charge is 2.22. The fourth-order valence-electron chi connectivity index (χ4n) is 1.95. The van der Waals surface area contributed by atoms with Crippen LogP contribution in [0.15, 0.2) is 0 Å². The van der Waals surface area contributed by atoms with Gasteiger partial charge in [0.25, 0.3) is 0 Å². The minimum absolute atomic E-state index is 0.140. The number of carbonyl (C=O) groups excluding carboxylic acids is 1. The van der Waals surface area contributed by atoms with Crippen LogP contribution in [0.3, 0.4) is 0 Å². The van der Waals surface area contributed by atoms with Gasteiger partial charge in [-0.05, 0) is 32.6 Å². The van der Waals surface area contributed by atoms with Crippen molar-refractivity contribution in [3.8, 4) is 0 Å². The molecule has 88 valence electrons. The van der Waals surface area contributed by atoms with Gasteiger partial charge < -0.3 is 9.64 Å². The summed E-state index contributed by atoms with van der Waals surface area (Å²) in [6, 6.07) is 0. The van der Waals surface area contributed by atoms with Gasteiger partial charge in [0.05, 0.1) is 6.10 Å². The number of amides is 1. The zero-order valence-electron chi connectivity index (χ0n) is 10.2. The maximum atomic E-state index is 11.8. The second-order valence-electron chi connectivity index (χ2n) is 4.62. The first-order chi connectivity index (χ1) is 7.13. The first-order valence-corrected chi connectivity index (χ1v) is 6.02. The average molecular weight is 213 g/mol. The molecular formula is C12H23NO2. The van der Waals surface area contributed by atoms with Crippen LogP contribution in [-0.4, -0.2) is 36.6 Å². The van der Waals surface area contributed by atoms with E-state index < -0.39 is 0 Å². The van der Waals surface area contributed by atoms with E-state index in [4.69, 9.17) is 4.74 Å². The monoisotopic (exact) mass is 213 g/mol. The van der Waals surface area contributed by atoms with E-state index in [1.54, 1.807) is 0 Å². The van der Waals surface area contributed by atoms with Crippen LogP contribution in [0, 0.1) is 5.92 Å². The van der Waals surface area contributed by atoms with E-state index in [2.05, 4.69) is 6.92 Å². The van der Waals surface area contributed by atoms with Crippen LogP contribution < -0.4 is 0 Å². The van der Waals surface area contributed by atoms with E-state index in [1.807, 2.05) is 18.7 Å². The van der Waals surface area contributed by atoms with Crippen molar-refractivity contribution < 1.29 is 9.53 Å². The summed E-state index contributed by atoms with van der Waals surface area (Å²) in [5, 5.41) is 0. The first kappa shape index (κ1) is 12.5. The summed E-state index contributed by atoms with van der Waals surface area (Å²) in [7, 11) is 0. The Labute approximate surface area is 92.8 Å². The topological polar surface area (TPSA) is 29.5 Å². The molecule has 0 aromatic heterocycles. The van der Waals surface area contributed by atoms with Gasteiger partial charge in [-0.15, -0.1) is 0 Å². The highest BCUT2D eigenvalue weighted by Crippen LogP contribution is 2.19. The van der Waals surface area contributed by atoms with Crippen LogP contribution in [-0.2, 0) is 9.53 Å². The number of hydrogen-bond donors (Lipinski definition) is 0. The Morgan fingerprint density at radius 2 is 2.27 bits per heavy atom. The third-order valence-electron chi connectivity index (χ3n) is 2.99. The number of carbonyl (C=O) groups is 1. The lowest BCUT2D eigenvalue weighted by Gasteiger charge is -2.32. The maximum Gasteiger partial charge on any atom is 0.248 e. The fourth-order valence-corrected chi connectivity index (χ4v) is 1.95. The number of nitrogens with zero attached hydrogens (tertiary/aromatic N) is 1. The van der Waals surface area contributed by atoms with E-state index in [0.29, 0.717) is 5.92 Å². The highest BCUT2D eigenvalue weighted by molar-refractivity contribution is 5.77. The quantitative estimate of drug-likeness (QED) is 0.715. The summed E-state index contributed by atoms with van der Waals surface area (Å²) in [5.74, 6) is 0.851. The molecule has 0 aromatic carbocycles. The Morgan fingerprint density at radius 1 is 1.53 bits per heavy atom. The number of likely N-dealkylation sites (tertiary alicyclic amines) is 1. The molecule has 3 nitrogen and oxygen atoms in total. The molecule has 1 saturated heterocycles. The average Bonchev–Trinajstić information content (AvgIpc) is 2.26. The van der Waals surface area contributed by atoms with Crippen molar-refractivity contribution in [2.24, 2.45) is 5.92 Å². The molecule has 1 heterocycles. The number of hydrogen-bond acceptors (Lipinski definition) is 2.